The zero-order valence-corrected chi connectivity index (χ0v) is 12.2. The van der Waals surface area contributed by atoms with Gasteiger partial charge >= 0.3 is 0 Å². The van der Waals surface area contributed by atoms with Gasteiger partial charge in [0.05, 0.1) is 0 Å². The van der Waals surface area contributed by atoms with Crippen LogP contribution in [0, 0.1) is 6.92 Å². The minimum Gasteiger partial charge on any atom is -0.334 e. The fraction of sp³-hybridized carbons (Fsp3) is 0.727. The minimum absolute atomic E-state index is 0.0817. The standard InChI is InChI=1S/C11H18ClN3O2S/c1-3-15-7-10(13-9(15)2)18(16,17)14-11(8-12)5-4-6-11/h7,14H,3-6,8H2,1-2H3. The van der Waals surface area contributed by atoms with Crippen LogP contribution in [0.1, 0.15) is 32.0 Å². The van der Waals surface area contributed by atoms with Gasteiger partial charge in [-0.15, -0.1) is 11.6 Å². The second-order valence-corrected chi connectivity index (χ2v) is 6.68. The van der Waals surface area contributed by atoms with Gasteiger partial charge in [0.2, 0.25) is 0 Å². The van der Waals surface area contributed by atoms with Crippen molar-refractivity contribution < 1.29 is 8.42 Å². The zero-order valence-electron chi connectivity index (χ0n) is 10.6. The maximum atomic E-state index is 12.2. The van der Waals surface area contributed by atoms with Crippen molar-refractivity contribution in [2.75, 3.05) is 5.88 Å². The highest BCUT2D eigenvalue weighted by atomic mass is 35.5. The summed E-state index contributed by atoms with van der Waals surface area (Å²) < 4.78 is 29.0. The van der Waals surface area contributed by atoms with Crippen LogP contribution in [-0.4, -0.2) is 29.4 Å². The molecule has 1 aromatic rings. The molecule has 0 radical (unpaired) electrons. The quantitative estimate of drug-likeness (QED) is 0.839. The van der Waals surface area contributed by atoms with E-state index in [1.54, 1.807) is 13.1 Å². The number of rotatable bonds is 5. The molecule has 2 rings (SSSR count). The molecule has 0 aliphatic heterocycles. The molecule has 1 aliphatic carbocycles. The molecule has 0 atom stereocenters. The van der Waals surface area contributed by atoms with Crippen LogP contribution in [0.2, 0.25) is 0 Å². The SMILES string of the molecule is CCn1cc(S(=O)(=O)NC2(CCl)CCC2)nc1C. The molecule has 1 N–H and O–H groups in total. The van der Waals surface area contributed by atoms with Gasteiger partial charge in [-0.1, -0.05) is 0 Å². The first kappa shape index (κ1) is 13.8. The molecule has 7 heteroatoms. The minimum atomic E-state index is -3.57. The highest BCUT2D eigenvalue weighted by Gasteiger charge is 2.40. The Bertz CT molecular complexity index is 529. The van der Waals surface area contributed by atoms with Crippen LogP contribution in [0.15, 0.2) is 11.2 Å². The van der Waals surface area contributed by atoms with Crippen LogP contribution in [0.3, 0.4) is 0 Å². The van der Waals surface area contributed by atoms with Crippen molar-refractivity contribution in [3.05, 3.63) is 12.0 Å². The van der Waals surface area contributed by atoms with Crippen LogP contribution in [0.4, 0.5) is 0 Å². The lowest BCUT2D eigenvalue weighted by atomic mass is 9.79. The van der Waals surface area contributed by atoms with Gasteiger partial charge in [0.1, 0.15) is 5.82 Å². The van der Waals surface area contributed by atoms with Gasteiger partial charge in [0, 0.05) is 24.2 Å². The molecule has 0 unspecified atom stereocenters. The normalized spacial score (nSPS) is 18.6. The Kier molecular flexibility index (Phi) is 3.71. The topological polar surface area (TPSA) is 64.0 Å². The highest BCUT2D eigenvalue weighted by molar-refractivity contribution is 7.89. The molecular weight excluding hydrogens is 274 g/mol. The third kappa shape index (κ3) is 2.41. The van der Waals surface area contributed by atoms with Gasteiger partial charge in [-0.2, -0.15) is 0 Å². The fourth-order valence-corrected chi connectivity index (χ4v) is 4.02. The maximum Gasteiger partial charge on any atom is 0.260 e. The molecule has 0 aromatic carbocycles. The second kappa shape index (κ2) is 4.83. The second-order valence-electron chi connectivity index (χ2n) is 4.79. The molecule has 1 aromatic heterocycles. The number of nitrogens with one attached hydrogen (secondary N) is 1. The van der Waals surface area contributed by atoms with Crippen molar-refractivity contribution in [2.24, 2.45) is 0 Å². The summed E-state index contributed by atoms with van der Waals surface area (Å²) in [4.78, 5) is 4.10. The highest BCUT2D eigenvalue weighted by Crippen LogP contribution is 2.34. The van der Waals surface area contributed by atoms with Crippen molar-refractivity contribution >= 4 is 21.6 Å². The maximum absolute atomic E-state index is 12.2. The van der Waals surface area contributed by atoms with Crippen LogP contribution in [-0.2, 0) is 16.6 Å². The molecule has 0 amide bonds. The van der Waals surface area contributed by atoms with Crippen molar-refractivity contribution in [1.29, 1.82) is 0 Å². The molecule has 5 nitrogen and oxygen atoms in total. The summed E-state index contributed by atoms with van der Waals surface area (Å²) in [5.74, 6) is 1.01. The molecule has 1 heterocycles. The largest absolute Gasteiger partial charge is 0.334 e. The summed E-state index contributed by atoms with van der Waals surface area (Å²) in [5, 5.41) is 0.0817. The van der Waals surface area contributed by atoms with E-state index in [0.29, 0.717) is 18.2 Å². The van der Waals surface area contributed by atoms with Crippen LogP contribution in [0.25, 0.3) is 0 Å². The number of aromatic nitrogens is 2. The van der Waals surface area contributed by atoms with Crippen LogP contribution >= 0.6 is 11.6 Å². The molecule has 0 spiro atoms. The van der Waals surface area contributed by atoms with E-state index in [0.717, 1.165) is 19.3 Å². The number of nitrogens with zero attached hydrogens (tertiary/aromatic N) is 2. The third-order valence-corrected chi connectivity index (χ3v) is 5.45. The summed E-state index contributed by atoms with van der Waals surface area (Å²) in [6, 6.07) is 0. The lowest BCUT2D eigenvalue weighted by molar-refractivity contribution is 0.252. The first-order valence-electron chi connectivity index (χ1n) is 6.06. The van der Waals surface area contributed by atoms with Gasteiger partial charge in [0.15, 0.2) is 5.03 Å². The number of alkyl halides is 1. The van der Waals surface area contributed by atoms with Crippen LogP contribution in [0.5, 0.6) is 0 Å². The van der Waals surface area contributed by atoms with E-state index in [1.807, 2.05) is 11.5 Å². The average molecular weight is 292 g/mol. The number of sulfonamides is 1. The third-order valence-electron chi connectivity index (χ3n) is 3.49. The zero-order chi connectivity index (χ0) is 13.4. The van der Waals surface area contributed by atoms with E-state index in [2.05, 4.69) is 9.71 Å². The van der Waals surface area contributed by atoms with Gasteiger partial charge in [-0.25, -0.2) is 18.1 Å². The average Bonchev–Trinajstić information content (AvgIpc) is 2.66. The Morgan fingerprint density at radius 3 is 2.61 bits per heavy atom. The summed E-state index contributed by atoms with van der Waals surface area (Å²) in [6.45, 7) is 4.45. The molecule has 1 saturated carbocycles. The summed E-state index contributed by atoms with van der Waals surface area (Å²) in [6.07, 6.45) is 4.17. The van der Waals surface area contributed by atoms with Gasteiger partial charge in [-0.3, -0.25) is 0 Å². The molecule has 1 aliphatic rings. The first-order valence-corrected chi connectivity index (χ1v) is 8.08. The Morgan fingerprint density at radius 1 is 1.56 bits per heavy atom. The molecule has 18 heavy (non-hydrogen) atoms. The predicted molar refractivity (Wildman–Crippen MR) is 70.3 cm³/mol. The van der Waals surface area contributed by atoms with Gasteiger partial charge in [0.25, 0.3) is 10.0 Å². The molecule has 1 fully saturated rings. The molecule has 0 saturated heterocycles. The predicted octanol–water partition coefficient (Wildman–Crippen LogP) is 1.65. The Labute approximate surface area is 113 Å². The summed E-state index contributed by atoms with van der Waals surface area (Å²) in [5.41, 5.74) is -0.468. The van der Waals surface area contributed by atoms with Crippen molar-refractivity contribution in [3.63, 3.8) is 0 Å². The van der Waals surface area contributed by atoms with Crippen molar-refractivity contribution in [3.8, 4) is 0 Å². The number of halogens is 1. The number of hydrogen-bond donors (Lipinski definition) is 1. The van der Waals surface area contributed by atoms with E-state index < -0.39 is 15.6 Å². The lowest BCUT2D eigenvalue weighted by Crippen LogP contribution is -2.54. The number of hydrogen-bond acceptors (Lipinski definition) is 3. The summed E-state index contributed by atoms with van der Waals surface area (Å²) in [7, 11) is -3.57. The van der Waals surface area contributed by atoms with Crippen LogP contribution < -0.4 is 4.72 Å². The first-order chi connectivity index (χ1) is 8.42. The molecular formula is C11H18ClN3O2S. The van der Waals surface area contributed by atoms with Crippen molar-refractivity contribution in [1.82, 2.24) is 14.3 Å². The Hall–Kier alpha value is -0.590. The van der Waals surface area contributed by atoms with E-state index in [9.17, 15) is 8.42 Å². The number of imidazole rings is 1. The van der Waals surface area contributed by atoms with E-state index in [-0.39, 0.29) is 5.03 Å². The Morgan fingerprint density at radius 2 is 2.22 bits per heavy atom. The molecule has 102 valence electrons. The molecule has 0 bridgehead atoms. The van der Waals surface area contributed by atoms with E-state index >= 15 is 0 Å². The summed E-state index contributed by atoms with van der Waals surface area (Å²) >= 11 is 5.86. The van der Waals surface area contributed by atoms with Gasteiger partial charge in [-0.05, 0) is 33.1 Å². The fourth-order valence-electron chi connectivity index (χ4n) is 2.13. The van der Waals surface area contributed by atoms with E-state index in [4.69, 9.17) is 11.6 Å². The van der Waals surface area contributed by atoms with E-state index in [1.165, 1.54) is 0 Å². The lowest BCUT2D eigenvalue weighted by Gasteiger charge is -2.40. The van der Waals surface area contributed by atoms with Gasteiger partial charge < -0.3 is 4.57 Å². The van der Waals surface area contributed by atoms with Crippen molar-refractivity contribution in [2.45, 2.75) is 50.2 Å². The smallest absolute Gasteiger partial charge is 0.260 e. The monoisotopic (exact) mass is 291 g/mol. The number of aryl methyl sites for hydroxylation is 2. The Balaban J connectivity index is 2.25.